The summed E-state index contributed by atoms with van der Waals surface area (Å²) in [5.74, 6) is -10.6. The Kier molecular flexibility index (Phi) is 28.1. The van der Waals surface area contributed by atoms with Gasteiger partial charge in [0.15, 0.2) is 11.4 Å². The lowest BCUT2D eigenvalue weighted by Gasteiger charge is -2.30. The molecule has 11 heterocycles. The van der Waals surface area contributed by atoms with Gasteiger partial charge in [-0.15, -0.1) is 0 Å². The van der Waals surface area contributed by atoms with Crippen molar-refractivity contribution in [3.8, 4) is 6.07 Å². The number of nitriles is 1. The maximum Gasteiger partial charge on any atom is 0.389 e. The molecule has 3 aromatic carbocycles. The number of benzene rings is 3. The fourth-order valence-electron chi connectivity index (χ4n) is 17.9. The summed E-state index contributed by atoms with van der Waals surface area (Å²) in [6.45, 7) is 1.99. The number of Topliss-reactive ketones (excluding diaryl/α,β-unsaturated/α-hetero) is 1. The Labute approximate surface area is 757 Å². The smallest absolute Gasteiger partial charge is 0.329 e. The molecule has 0 atom stereocenters. The largest absolute Gasteiger partial charge is 0.389 e. The number of carbonyl (C=O) groups excluding carboxylic acids is 1. The second-order valence-corrected chi connectivity index (χ2v) is 36.3. The third-order valence-corrected chi connectivity index (χ3v) is 26.9. The maximum absolute atomic E-state index is 13.5. The predicted octanol–water partition coefficient (Wildman–Crippen LogP) is 22.0. The van der Waals surface area contributed by atoms with Gasteiger partial charge in [0, 0.05) is 177 Å². The van der Waals surface area contributed by atoms with E-state index in [1.807, 2.05) is 99.6 Å². The molecule has 13 aromatic rings. The van der Waals surface area contributed by atoms with E-state index in [-0.39, 0.29) is 155 Å². The number of aromatic amines is 4. The number of H-pyrrole nitrogens is 4. The third kappa shape index (κ3) is 22.7. The monoisotopic (exact) mass is 1980 g/mol. The SMILES string of the molecule is Cc1cccnc1CC1=Nc2c(ccn2C2CCC(F)(F)CC2)C(=O)C1.N#Cc1ccccc1Cc1nc2c(ccn2C2CCC(F)(F)CC2)c(=O)[nH]1.O=c1[nH]c(CCCC(F)(F)F)nc2c1ccn2C1CCC(F)(F)CC1.O=c1[nH]c(Cc2ccccc2Br)nc2c1ccn2C1CCC(F)(F)CC1.O=c1[nH]c(Cc2ccccc2I)nc2c1cnn2C1CCC(F)(F)CC1. The lowest BCUT2D eigenvalue weighted by molar-refractivity contribution is -0.135. The van der Waals surface area contributed by atoms with Crippen LogP contribution in [-0.2, 0) is 32.1 Å². The minimum Gasteiger partial charge on any atom is -0.329 e. The summed E-state index contributed by atoms with van der Waals surface area (Å²) in [5, 5.41) is 15.2. The molecule has 684 valence electrons. The van der Waals surface area contributed by atoms with Gasteiger partial charge >= 0.3 is 6.18 Å². The van der Waals surface area contributed by atoms with Gasteiger partial charge in [-0.2, -0.15) is 23.5 Å². The number of alkyl halides is 13. The van der Waals surface area contributed by atoms with Gasteiger partial charge in [0.2, 0.25) is 29.6 Å². The van der Waals surface area contributed by atoms with Gasteiger partial charge in [0.25, 0.3) is 22.2 Å². The number of nitrogens with zero attached hydrogens (tertiary/aromatic N) is 13. The summed E-state index contributed by atoms with van der Waals surface area (Å²) in [6.07, 6.45) is 9.02. The fourth-order valence-corrected chi connectivity index (χ4v) is 18.9. The Morgan fingerprint density at radius 1 is 0.469 bits per heavy atom. The van der Waals surface area contributed by atoms with E-state index in [0.717, 1.165) is 41.7 Å². The Morgan fingerprint density at radius 3 is 1.34 bits per heavy atom. The summed E-state index contributed by atoms with van der Waals surface area (Å²) >= 11 is 5.76. The standard InChI is InChI=1S/C20H18F2N4O.C20H21F2N3O.C19H18BrF2N3O.C18H17F2IN4O.C16H18F5N3O/c21-20(22)8-5-15(6-9-20)26-10-7-16-18(26)24-17(25-19(16)27)11-13-3-1-2-4-14(13)12-23;1-13-3-2-9-23-17(13)11-14-12-18(26)16-6-10-25(19(16)24-14)15-4-7-20(21,22)8-5-15;20-15-4-2-1-3-12(15)11-16-23-17-14(18(26)24-16)7-10-25(17)13-5-8-19(21,22)9-6-13;19-18(20)7-5-12(6-8-18)25-16-13(10-22-25)17(26)24-15(23-16)9-11-3-1-2-4-14(11)21;17-15(18)7-3-10(4-8-15)24-9-5-11-13(24)22-12(23-14(11)25)2-1-6-16(19,20)21/h1-4,7,10,15H,5-6,8-9,11H2,(H,24,25,27);2-3,6,9-10,15H,4-5,7-8,11-12H2,1H3;1-4,7,10,13H,5-6,8-9,11H2,(H,23,24,26);1-4,10,12H,5-9H2,(H,23,24,26);5,9-10H,1-4,6-8H2,(H,22,23,25). The highest BCUT2D eigenvalue weighted by Crippen LogP contribution is 2.46. The molecule has 22 nitrogen and oxygen atoms in total. The Bertz CT molecular complexity index is 6420. The number of rotatable bonds is 16. The molecular weight excluding hydrogens is 1890 g/mol. The minimum atomic E-state index is -4.25. The molecule has 5 fully saturated rings. The first-order valence-corrected chi connectivity index (χ1v) is 45.1. The first-order valence-electron chi connectivity index (χ1n) is 43.3. The zero-order valence-corrected chi connectivity index (χ0v) is 74.3. The van der Waals surface area contributed by atoms with E-state index in [2.05, 4.69) is 94.5 Å². The van der Waals surface area contributed by atoms with E-state index >= 15 is 0 Å². The predicted molar refractivity (Wildman–Crippen MR) is 476 cm³/mol. The zero-order valence-electron chi connectivity index (χ0n) is 70.6. The summed E-state index contributed by atoms with van der Waals surface area (Å²) in [7, 11) is 0. The van der Waals surface area contributed by atoms with Crippen LogP contribution in [0.15, 0.2) is 175 Å². The molecule has 0 spiro atoms. The highest BCUT2D eigenvalue weighted by Gasteiger charge is 2.42. The van der Waals surface area contributed by atoms with Crippen LogP contribution in [0.3, 0.4) is 0 Å². The molecule has 4 N–H and O–H groups in total. The van der Waals surface area contributed by atoms with Crippen molar-refractivity contribution in [2.24, 2.45) is 4.99 Å². The van der Waals surface area contributed by atoms with E-state index in [4.69, 9.17) is 4.99 Å². The number of hydrogen-bond acceptors (Lipinski definition) is 13. The number of hydrogen-bond donors (Lipinski definition) is 4. The third-order valence-electron chi connectivity index (χ3n) is 25.1. The Balaban J connectivity index is 0.000000125. The van der Waals surface area contributed by atoms with Gasteiger partial charge in [-0.05, 0) is 171 Å². The van der Waals surface area contributed by atoms with Crippen molar-refractivity contribution in [2.45, 2.75) is 253 Å². The van der Waals surface area contributed by atoms with Crippen molar-refractivity contribution in [1.29, 1.82) is 5.26 Å². The quantitative estimate of drug-likeness (QED) is 0.0519. The number of fused-ring (bicyclic) bond motifs is 5. The van der Waals surface area contributed by atoms with Crippen LogP contribution in [0.5, 0.6) is 0 Å². The van der Waals surface area contributed by atoms with Crippen molar-refractivity contribution in [1.82, 2.24) is 72.9 Å². The van der Waals surface area contributed by atoms with Crippen molar-refractivity contribution in [2.75, 3.05) is 0 Å². The average molecular weight is 1980 g/mol. The Morgan fingerprint density at radius 2 is 0.869 bits per heavy atom. The molecule has 6 aliphatic rings. The molecule has 10 aromatic heterocycles. The highest BCUT2D eigenvalue weighted by atomic mass is 127. The summed E-state index contributed by atoms with van der Waals surface area (Å²) in [4.78, 5) is 100. The molecule has 0 bridgehead atoms. The van der Waals surface area contributed by atoms with Crippen molar-refractivity contribution >= 4 is 100.0 Å². The number of nitrogens with one attached hydrogen (secondary N) is 4. The van der Waals surface area contributed by atoms with Crippen LogP contribution < -0.4 is 22.2 Å². The van der Waals surface area contributed by atoms with Crippen LogP contribution in [0, 0.1) is 21.8 Å². The van der Waals surface area contributed by atoms with Gasteiger partial charge in [0.1, 0.15) is 51.4 Å². The van der Waals surface area contributed by atoms with Crippen LogP contribution in [0.4, 0.5) is 62.9 Å². The van der Waals surface area contributed by atoms with Crippen LogP contribution in [0.1, 0.15) is 245 Å². The van der Waals surface area contributed by atoms with Gasteiger partial charge in [-0.3, -0.25) is 29.0 Å². The number of aliphatic imine (C=N–C) groups is 1. The molecule has 0 saturated heterocycles. The molecule has 130 heavy (non-hydrogen) atoms. The summed E-state index contributed by atoms with van der Waals surface area (Å²) in [6, 6.07) is 35.1. The van der Waals surface area contributed by atoms with Crippen LogP contribution >= 0.6 is 38.5 Å². The van der Waals surface area contributed by atoms with Gasteiger partial charge in [-0.1, -0.05) is 76.6 Å². The second-order valence-electron chi connectivity index (χ2n) is 34.3. The molecule has 19 rings (SSSR count). The molecule has 0 amide bonds. The van der Waals surface area contributed by atoms with Crippen molar-refractivity contribution in [3.63, 3.8) is 0 Å². The first-order chi connectivity index (χ1) is 61.9. The number of ketones is 1. The van der Waals surface area contributed by atoms with E-state index in [1.165, 1.54) is 6.20 Å². The number of aryl methyl sites for hydroxylation is 2. The lowest BCUT2D eigenvalue weighted by atomic mass is 9.92. The Hall–Kier alpha value is -11.2. The average Bonchev–Trinajstić information content (AvgIpc) is 1.75. The van der Waals surface area contributed by atoms with Crippen molar-refractivity contribution < 1.29 is 61.9 Å². The zero-order chi connectivity index (χ0) is 92.2. The molecule has 5 saturated carbocycles. The summed E-state index contributed by atoms with van der Waals surface area (Å²) < 4.78 is 182. The second kappa shape index (κ2) is 39.1. The van der Waals surface area contributed by atoms with Crippen LogP contribution in [0.25, 0.3) is 44.1 Å². The van der Waals surface area contributed by atoms with E-state index in [0.29, 0.717) is 156 Å². The number of carbonyl (C=O) groups is 1. The molecular formula is C93H92BrF13IN17O5. The molecule has 5 aliphatic carbocycles. The number of aromatic nitrogens is 15. The fraction of sp³-hybridized carbons (Fsp3) is 0.430. The van der Waals surface area contributed by atoms with Gasteiger partial charge in [0.05, 0.1) is 52.0 Å². The van der Waals surface area contributed by atoms with E-state index in [1.54, 1.807) is 70.4 Å². The van der Waals surface area contributed by atoms with E-state index in [9.17, 15) is 86.3 Å². The molecule has 0 unspecified atom stereocenters. The lowest BCUT2D eigenvalue weighted by Crippen LogP contribution is -2.27. The molecule has 0 radical (unpaired) electrons. The van der Waals surface area contributed by atoms with Gasteiger partial charge in [-0.25, -0.2) is 73.5 Å². The van der Waals surface area contributed by atoms with Gasteiger partial charge < -0.3 is 38.2 Å². The topological polar surface area (TPSA) is 287 Å². The minimum absolute atomic E-state index is 0.00138. The van der Waals surface area contributed by atoms with Crippen molar-refractivity contribution in [3.05, 3.63) is 258 Å². The highest BCUT2D eigenvalue weighted by molar-refractivity contribution is 14.1. The van der Waals surface area contributed by atoms with Crippen LogP contribution in [-0.4, -0.2) is 120 Å². The molecule has 37 heteroatoms. The first kappa shape index (κ1) is 93.5. The number of pyridine rings is 1. The van der Waals surface area contributed by atoms with E-state index < -0.39 is 47.8 Å². The number of halogens is 15. The summed E-state index contributed by atoms with van der Waals surface area (Å²) in [5.41, 5.74) is 7.55. The normalized spacial score (nSPS) is 18.2. The van der Waals surface area contributed by atoms with Crippen LogP contribution in [0.2, 0.25) is 0 Å². The maximum atomic E-state index is 13.5. The molecule has 1 aliphatic heterocycles.